The third kappa shape index (κ3) is 3.75. The van der Waals surface area contributed by atoms with Crippen molar-refractivity contribution in [2.75, 3.05) is 4.90 Å². The van der Waals surface area contributed by atoms with Gasteiger partial charge in [-0.1, -0.05) is 59.6 Å². The van der Waals surface area contributed by atoms with Gasteiger partial charge < -0.3 is 5.11 Å². The fourth-order valence-corrected chi connectivity index (χ4v) is 7.72. The first kappa shape index (κ1) is 26.1. The van der Waals surface area contributed by atoms with Crippen molar-refractivity contribution in [3.05, 3.63) is 104 Å². The SMILES string of the molecule is Cc1ccc(N2C(=O)C3CC=C4C(c5ccc(O)c6ccccc56)C5=C(CC4C3C2=O)C(=O)C(Br)=CC5=O)cc1Cl. The van der Waals surface area contributed by atoms with Gasteiger partial charge in [0, 0.05) is 33.5 Å². The van der Waals surface area contributed by atoms with Crippen molar-refractivity contribution in [3.63, 3.8) is 0 Å². The molecule has 7 rings (SSSR count). The van der Waals surface area contributed by atoms with Gasteiger partial charge in [0.1, 0.15) is 5.75 Å². The first-order valence-electron chi connectivity index (χ1n) is 13.4. The van der Waals surface area contributed by atoms with Gasteiger partial charge in [-0.05, 0) is 76.3 Å². The molecule has 0 aromatic heterocycles. The molecule has 1 heterocycles. The largest absolute Gasteiger partial charge is 0.507 e. The van der Waals surface area contributed by atoms with E-state index in [1.807, 2.05) is 37.3 Å². The minimum Gasteiger partial charge on any atom is -0.507 e. The van der Waals surface area contributed by atoms with Crippen LogP contribution in [0.25, 0.3) is 10.8 Å². The number of fused-ring (bicyclic) bond motifs is 4. The number of halogens is 2. The van der Waals surface area contributed by atoms with Gasteiger partial charge in [0.25, 0.3) is 0 Å². The smallest absolute Gasteiger partial charge is 0.238 e. The summed E-state index contributed by atoms with van der Waals surface area (Å²) in [5.41, 5.74) is 3.66. The highest BCUT2D eigenvalue weighted by molar-refractivity contribution is 9.12. The summed E-state index contributed by atoms with van der Waals surface area (Å²) in [6.07, 6.45) is 3.83. The summed E-state index contributed by atoms with van der Waals surface area (Å²) in [5, 5.41) is 12.4. The maximum Gasteiger partial charge on any atom is 0.238 e. The van der Waals surface area contributed by atoms with Gasteiger partial charge in [0.15, 0.2) is 11.6 Å². The predicted molar refractivity (Wildman–Crippen MR) is 159 cm³/mol. The Morgan fingerprint density at radius 1 is 0.951 bits per heavy atom. The number of hydrogen-bond donors (Lipinski definition) is 1. The standard InChI is InChI=1S/C33H23BrClNO5/c1-15-6-7-16(12-25(15)35)36-32(40)21-9-8-20-22(29(21)33(36)41)13-23-30(27(38)14-24(34)31(23)39)28(20)19-10-11-26(37)18-5-3-2-4-17(18)19/h2-8,10-12,14,21-22,28-29,37H,9,13H2,1H3. The highest BCUT2D eigenvalue weighted by Crippen LogP contribution is 2.56. The van der Waals surface area contributed by atoms with E-state index in [-0.39, 0.29) is 40.0 Å². The van der Waals surface area contributed by atoms with Crippen molar-refractivity contribution in [2.24, 2.45) is 17.8 Å². The van der Waals surface area contributed by atoms with E-state index in [0.717, 1.165) is 22.1 Å². The Morgan fingerprint density at radius 3 is 2.46 bits per heavy atom. The van der Waals surface area contributed by atoms with E-state index in [1.54, 1.807) is 30.3 Å². The number of hydrogen-bond acceptors (Lipinski definition) is 5. The van der Waals surface area contributed by atoms with Crippen LogP contribution in [0.5, 0.6) is 5.75 Å². The third-order valence-electron chi connectivity index (χ3n) is 8.99. The van der Waals surface area contributed by atoms with Crippen LogP contribution in [-0.2, 0) is 19.2 Å². The summed E-state index contributed by atoms with van der Waals surface area (Å²) in [6, 6.07) is 15.9. The van der Waals surface area contributed by atoms with Gasteiger partial charge in [-0.2, -0.15) is 0 Å². The summed E-state index contributed by atoms with van der Waals surface area (Å²) in [6.45, 7) is 1.85. The average Bonchev–Trinajstić information content (AvgIpc) is 3.22. The first-order chi connectivity index (χ1) is 19.7. The Bertz CT molecular complexity index is 1850. The molecule has 3 aromatic carbocycles. The molecule has 0 radical (unpaired) electrons. The maximum absolute atomic E-state index is 14.1. The van der Waals surface area contributed by atoms with Crippen LogP contribution in [0.3, 0.4) is 0 Å². The molecule has 3 aliphatic carbocycles. The molecular formula is C33H23BrClNO5. The second-order valence-electron chi connectivity index (χ2n) is 11.1. The number of carbonyl (C=O) groups is 4. The van der Waals surface area contributed by atoms with Crippen LogP contribution in [-0.4, -0.2) is 28.5 Å². The average molecular weight is 629 g/mol. The summed E-state index contributed by atoms with van der Waals surface area (Å²) in [7, 11) is 0. The molecule has 3 aromatic rings. The lowest BCUT2D eigenvalue weighted by molar-refractivity contribution is -0.123. The van der Waals surface area contributed by atoms with Crippen molar-refractivity contribution < 1.29 is 24.3 Å². The van der Waals surface area contributed by atoms with E-state index >= 15 is 0 Å². The molecule has 1 aliphatic heterocycles. The zero-order valence-electron chi connectivity index (χ0n) is 21.9. The van der Waals surface area contributed by atoms with Crippen LogP contribution in [0.1, 0.15) is 29.9 Å². The van der Waals surface area contributed by atoms with Crippen molar-refractivity contribution in [3.8, 4) is 5.75 Å². The Morgan fingerprint density at radius 2 is 1.71 bits per heavy atom. The molecule has 0 bridgehead atoms. The Labute approximate surface area is 249 Å². The molecular weight excluding hydrogens is 606 g/mol. The third-order valence-corrected chi connectivity index (χ3v) is 9.99. The van der Waals surface area contributed by atoms with Crippen LogP contribution in [0.15, 0.2) is 88.0 Å². The lowest BCUT2D eigenvalue weighted by atomic mass is 9.59. The fraction of sp³-hybridized carbons (Fsp3) is 0.212. The second-order valence-corrected chi connectivity index (χ2v) is 12.3. The Hall–Kier alpha value is -3.81. The van der Waals surface area contributed by atoms with E-state index < -0.39 is 23.7 Å². The molecule has 0 saturated carbocycles. The molecule has 1 saturated heterocycles. The lowest BCUT2D eigenvalue weighted by Crippen LogP contribution is -2.39. The number of anilines is 1. The number of amides is 2. The van der Waals surface area contributed by atoms with Gasteiger partial charge in [-0.3, -0.25) is 19.2 Å². The highest BCUT2D eigenvalue weighted by Gasteiger charge is 2.56. The van der Waals surface area contributed by atoms with Crippen molar-refractivity contribution in [1.82, 2.24) is 0 Å². The number of phenolic OH excluding ortho intramolecular Hbond substituents is 1. The first-order valence-corrected chi connectivity index (χ1v) is 14.6. The number of aromatic hydroxyl groups is 1. The summed E-state index contributed by atoms with van der Waals surface area (Å²) < 4.78 is 0.181. The number of phenols is 1. The molecule has 0 spiro atoms. The number of allylic oxidation sites excluding steroid dienone is 6. The van der Waals surface area contributed by atoms with Gasteiger partial charge in [-0.15, -0.1) is 0 Å². The number of rotatable bonds is 2. The number of Topliss-reactive ketones (excluding diaryl/α,β-unsaturated/α-hetero) is 1. The van der Waals surface area contributed by atoms with Crippen LogP contribution in [0.2, 0.25) is 5.02 Å². The zero-order valence-corrected chi connectivity index (χ0v) is 24.2. The second kappa shape index (κ2) is 9.36. The number of ketones is 2. The molecule has 6 nitrogen and oxygen atoms in total. The van der Waals surface area contributed by atoms with Gasteiger partial charge >= 0.3 is 0 Å². The van der Waals surface area contributed by atoms with Crippen LogP contribution >= 0.6 is 27.5 Å². The minimum absolute atomic E-state index is 0.112. The maximum atomic E-state index is 14.1. The molecule has 204 valence electrons. The molecule has 1 N–H and O–H groups in total. The molecule has 8 heteroatoms. The molecule has 4 atom stereocenters. The molecule has 41 heavy (non-hydrogen) atoms. The number of nitrogens with zero attached hydrogens (tertiary/aromatic N) is 1. The molecule has 2 amide bonds. The molecule has 4 unspecified atom stereocenters. The zero-order chi connectivity index (χ0) is 28.7. The number of carbonyl (C=O) groups excluding carboxylic acids is 4. The van der Waals surface area contributed by atoms with Crippen molar-refractivity contribution in [1.29, 1.82) is 0 Å². The fourth-order valence-electron chi connectivity index (χ4n) is 7.10. The molecule has 1 fully saturated rings. The van der Waals surface area contributed by atoms with E-state index in [9.17, 15) is 24.3 Å². The van der Waals surface area contributed by atoms with E-state index in [0.29, 0.717) is 33.7 Å². The van der Waals surface area contributed by atoms with E-state index in [2.05, 4.69) is 15.9 Å². The Balaban J connectivity index is 1.41. The van der Waals surface area contributed by atoms with Crippen LogP contribution in [0.4, 0.5) is 5.69 Å². The van der Waals surface area contributed by atoms with Gasteiger partial charge in [0.2, 0.25) is 11.8 Å². The Kier molecular flexibility index (Phi) is 5.96. The molecule has 4 aliphatic rings. The van der Waals surface area contributed by atoms with E-state index in [1.165, 1.54) is 11.0 Å². The monoisotopic (exact) mass is 627 g/mol. The van der Waals surface area contributed by atoms with E-state index in [4.69, 9.17) is 11.6 Å². The summed E-state index contributed by atoms with van der Waals surface area (Å²) in [4.78, 5) is 56.1. The van der Waals surface area contributed by atoms with Crippen LogP contribution in [0, 0.1) is 24.7 Å². The summed E-state index contributed by atoms with van der Waals surface area (Å²) in [5.74, 6) is -3.36. The number of imide groups is 1. The predicted octanol–water partition coefficient (Wildman–Crippen LogP) is 6.47. The number of aryl methyl sites for hydroxylation is 1. The summed E-state index contributed by atoms with van der Waals surface area (Å²) >= 11 is 9.62. The highest BCUT2D eigenvalue weighted by atomic mass is 79.9. The lowest BCUT2D eigenvalue weighted by Gasteiger charge is -2.42. The van der Waals surface area contributed by atoms with Crippen LogP contribution < -0.4 is 4.90 Å². The van der Waals surface area contributed by atoms with Crippen molar-refractivity contribution in [2.45, 2.75) is 25.7 Å². The quantitative estimate of drug-likeness (QED) is 0.200. The minimum atomic E-state index is -0.685. The van der Waals surface area contributed by atoms with Crippen molar-refractivity contribution >= 4 is 67.4 Å². The van der Waals surface area contributed by atoms with Gasteiger partial charge in [-0.25, -0.2) is 4.90 Å². The normalized spacial score (nSPS) is 25.7. The topological polar surface area (TPSA) is 91.8 Å². The van der Waals surface area contributed by atoms with Gasteiger partial charge in [0.05, 0.1) is 22.0 Å². The number of benzene rings is 3.